The Kier molecular flexibility index (Phi) is 4.97. The van der Waals surface area contributed by atoms with Gasteiger partial charge in [-0.3, -0.25) is 4.79 Å². The number of benzene rings is 2. The predicted octanol–water partition coefficient (Wildman–Crippen LogP) is 3.06. The molecule has 1 aliphatic heterocycles. The van der Waals surface area contributed by atoms with E-state index in [-0.39, 0.29) is 11.9 Å². The Morgan fingerprint density at radius 3 is 2.89 bits per heavy atom. The zero-order valence-corrected chi connectivity index (χ0v) is 15.9. The van der Waals surface area contributed by atoms with Crippen LogP contribution in [0.5, 0.6) is 5.75 Å². The maximum absolute atomic E-state index is 12.7. The van der Waals surface area contributed by atoms with E-state index in [1.807, 2.05) is 36.4 Å². The molecule has 1 atom stereocenters. The van der Waals surface area contributed by atoms with Crippen molar-refractivity contribution < 1.29 is 14.1 Å². The van der Waals surface area contributed by atoms with Gasteiger partial charge < -0.3 is 19.5 Å². The van der Waals surface area contributed by atoms with Crippen molar-refractivity contribution >= 4 is 11.6 Å². The highest BCUT2D eigenvalue weighted by Crippen LogP contribution is 2.30. The largest absolute Gasteiger partial charge is 0.495 e. The number of hydrogen-bond acceptors (Lipinski definition) is 6. The Morgan fingerprint density at radius 2 is 2.11 bits per heavy atom. The third kappa shape index (κ3) is 3.69. The van der Waals surface area contributed by atoms with E-state index in [4.69, 9.17) is 9.26 Å². The molecule has 0 bridgehead atoms. The van der Waals surface area contributed by atoms with E-state index in [1.165, 1.54) is 0 Å². The Bertz CT molecular complexity index is 985. The van der Waals surface area contributed by atoms with Crippen molar-refractivity contribution in [3.8, 4) is 17.1 Å². The summed E-state index contributed by atoms with van der Waals surface area (Å²) < 4.78 is 10.5. The molecule has 28 heavy (non-hydrogen) atoms. The fourth-order valence-electron chi connectivity index (χ4n) is 3.47. The van der Waals surface area contributed by atoms with Gasteiger partial charge >= 0.3 is 0 Å². The number of carbonyl (C=O) groups is 1. The molecule has 1 unspecified atom stereocenters. The van der Waals surface area contributed by atoms with Gasteiger partial charge in [-0.1, -0.05) is 29.4 Å². The van der Waals surface area contributed by atoms with Gasteiger partial charge in [0.2, 0.25) is 11.7 Å². The number of nitrogens with one attached hydrogen (secondary N) is 1. The molecule has 7 heteroatoms. The summed E-state index contributed by atoms with van der Waals surface area (Å²) in [6, 6.07) is 15.3. The van der Waals surface area contributed by atoms with Crippen LogP contribution in [0, 0.1) is 6.92 Å². The Balaban J connectivity index is 1.43. The lowest BCUT2D eigenvalue weighted by Crippen LogP contribution is -2.37. The first-order valence-electron chi connectivity index (χ1n) is 9.23. The molecule has 1 N–H and O–H groups in total. The molecular weight excluding hydrogens is 356 g/mol. The van der Waals surface area contributed by atoms with Gasteiger partial charge in [0.1, 0.15) is 5.75 Å². The summed E-state index contributed by atoms with van der Waals surface area (Å²) >= 11 is 0. The van der Waals surface area contributed by atoms with E-state index in [0.29, 0.717) is 17.3 Å². The highest BCUT2D eigenvalue weighted by Gasteiger charge is 2.26. The van der Waals surface area contributed by atoms with Gasteiger partial charge in [0, 0.05) is 37.2 Å². The van der Waals surface area contributed by atoms with Gasteiger partial charge in [-0.25, -0.2) is 0 Å². The molecule has 7 nitrogen and oxygen atoms in total. The van der Waals surface area contributed by atoms with Crippen LogP contribution in [-0.4, -0.2) is 42.3 Å². The third-order valence-electron chi connectivity index (χ3n) is 4.86. The summed E-state index contributed by atoms with van der Waals surface area (Å²) in [4.78, 5) is 19.2. The number of hydrogen-bond donors (Lipinski definition) is 1. The minimum atomic E-state index is -0.103. The number of aromatic nitrogens is 2. The minimum Gasteiger partial charge on any atom is -0.495 e. The van der Waals surface area contributed by atoms with Gasteiger partial charge in [-0.15, -0.1) is 0 Å². The number of anilines is 1. The second kappa shape index (κ2) is 7.72. The second-order valence-electron chi connectivity index (χ2n) is 6.79. The molecule has 3 aromatic rings. The zero-order valence-electron chi connectivity index (χ0n) is 15.9. The number of nitrogens with zero attached hydrogens (tertiary/aromatic N) is 3. The maximum atomic E-state index is 12.7. The maximum Gasteiger partial charge on any atom is 0.251 e. The van der Waals surface area contributed by atoms with Crippen molar-refractivity contribution in [1.82, 2.24) is 15.5 Å². The third-order valence-corrected chi connectivity index (χ3v) is 4.86. The fraction of sp³-hybridized carbons (Fsp3) is 0.286. The van der Waals surface area contributed by atoms with E-state index in [1.54, 1.807) is 26.2 Å². The summed E-state index contributed by atoms with van der Waals surface area (Å²) in [5.41, 5.74) is 2.39. The van der Waals surface area contributed by atoms with E-state index in [2.05, 4.69) is 20.4 Å². The molecule has 2 aromatic carbocycles. The topological polar surface area (TPSA) is 80.5 Å². The van der Waals surface area contributed by atoms with Crippen molar-refractivity contribution in [3.63, 3.8) is 0 Å². The summed E-state index contributed by atoms with van der Waals surface area (Å²) in [6.45, 7) is 3.35. The van der Waals surface area contributed by atoms with Crippen molar-refractivity contribution in [2.24, 2.45) is 0 Å². The lowest BCUT2D eigenvalue weighted by molar-refractivity contribution is 0.0940. The van der Waals surface area contributed by atoms with Gasteiger partial charge in [-0.05, 0) is 30.7 Å². The van der Waals surface area contributed by atoms with Crippen LogP contribution in [0.15, 0.2) is 53.1 Å². The standard InChI is InChI=1S/C21H22N4O3/c1-14-22-20(24-28-14)15-6-5-7-16(12-15)21(26)23-17-10-11-25(13-17)18-8-3-4-9-19(18)27-2/h3-9,12,17H,10-11,13H2,1-2H3,(H,23,26). The Labute approximate surface area is 163 Å². The number of carbonyl (C=O) groups excluding carboxylic acids is 1. The lowest BCUT2D eigenvalue weighted by atomic mass is 10.1. The molecule has 1 saturated heterocycles. The molecule has 1 aromatic heterocycles. The average molecular weight is 378 g/mol. The van der Waals surface area contributed by atoms with E-state index in [0.717, 1.165) is 36.5 Å². The highest BCUT2D eigenvalue weighted by atomic mass is 16.5. The summed E-state index contributed by atoms with van der Waals surface area (Å²) in [5.74, 6) is 1.72. The normalized spacial score (nSPS) is 16.2. The first kappa shape index (κ1) is 18.0. The van der Waals surface area contributed by atoms with Gasteiger partial charge in [0.25, 0.3) is 5.91 Å². The van der Waals surface area contributed by atoms with Crippen LogP contribution in [0.4, 0.5) is 5.69 Å². The first-order chi connectivity index (χ1) is 13.6. The Morgan fingerprint density at radius 1 is 1.25 bits per heavy atom. The average Bonchev–Trinajstić information content (AvgIpc) is 3.37. The molecule has 0 saturated carbocycles. The molecule has 0 spiro atoms. The molecule has 0 radical (unpaired) electrons. The van der Waals surface area contributed by atoms with E-state index < -0.39 is 0 Å². The van der Waals surface area contributed by atoms with Gasteiger partial charge in [0.15, 0.2) is 0 Å². The molecule has 2 heterocycles. The van der Waals surface area contributed by atoms with Crippen molar-refractivity contribution in [2.45, 2.75) is 19.4 Å². The number of amides is 1. The van der Waals surface area contributed by atoms with Crippen LogP contribution < -0.4 is 15.0 Å². The molecule has 4 rings (SSSR count). The first-order valence-corrected chi connectivity index (χ1v) is 9.23. The van der Waals surface area contributed by atoms with Crippen LogP contribution in [0.2, 0.25) is 0 Å². The zero-order chi connectivity index (χ0) is 19.5. The van der Waals surface area contributed by atoms with Crippen LogP contribution in [-0.2, 0) is 0 Å². The number of methoxy groups -OCH3 is 1. The summed E-state index contributed by atoms with van der Waals surface area (Å²) in [6.07, 6.45) is 0.882. The van der Waals surface area contributed by atoms with E-state index >= 15 is 0 Å². The van der Waals surface area contributed by atoms with Crippen molar-refractivity contribution in [2.75, 3.05) is 25.1 Å². The van der Waals surface area contributed by atoms with E-state index in [9.17, 15) is 4.79 Å². The summed E-state index contributed by atoms with van der Waals surface area (Å²) in [7, 11) is 1.67. The van der Waals surface area contributed by atoms with Crippen LogP contribution in [0.25, 0.3) is 11.4 Å². The van der Waals surface area contributed by atoms with Crippen molar-refractivity contribution in [1.29, 1.82) is 0 Å². The quantitative estimate of drug-likeness (QED) is 0.735. The van der Waals surface area contributed by atoms with Crippen molar-refractivity contribution in [3.05, 3.63) is 60.0 Å². The smallest absolute Gasteiger partial charge is 0.251 e. The predicted molar refractivity (Wildman–Crippen MR) is 106 cm³/mol. The van der Waals surface area contributed by atoms with Crippen LogP contribution in [0.3, 0.4) is 0 Å². The monoisotopic (exact) mass is 378 g/mol. The minimum absolute atomic E-state index is 0.0773. The number of rotatable bonds is 5. The molecular formula is C21H22N4O3. The number of ether oxygens (including phenoxy) is 1. The lowest BCUT2D eigenvalue weighted by Gasteiger charge is -2.21. The second-order valence-corrected chi connectivity index (χ2v) is 6.79. The molecule has 1 fully saturated rings. The number of aryl methyl sites for hydroxylation is 1. The molecule has 0 aliphatic carbocycles. The van der Waals surface area contributed by atoms with Crippen LogP contribution >= 0.6 is 0 Å². The molecule has 1 aliphatic rings. The fourth-order valence-corrected chi connectivity index (χ4v) is 3.47. The Hall–Kier alpha value is -3.35. The number of para-hydroxylation sites is 2. The molecule has 144 valence electrons. The SMILES string of the molecule is COc1ccccc1N1CCC(NC(=O)c2cccc(-c3noc(C)n3)c2)C1. The van der Waals surface area contributed by atoms with Crippen LogP contribution in [0.1, 0.15) is 22.7 Å². The van der Waals surface area contributed by atoms with Gasteiger partial charge in [-0.2, -0.15) is 4.98 Å². The highest BCUT2D eigenvalue weighted by molar-refractivity contribution is 5.95. The van der Waals surface area contributed by atoms with Gasteiger partial charge in [0.05, 0.1) is 12.8 Å². The molecule has 1 amide bonds. The summed E-state index contributed by atoms with van der Waals surface area (Å²) in [5, 5.41) is 7.04.